The van der Waals surface area contributed by atoms with Crippen LogP contribution < -0.4 is 16.0 Å². The Balaban J connectivity index is 2.73. The molecule has 4 N–H and O–H groups in total. The van der Waals surface area contributed by atoms with E-state index in [0.29, 0.717) is 5.57 Å². The zero-order valence-corrected chi connectivity index (χ0v) is 19.9. The molecular formula is C23H33N3O7. The van der Waals surface area contributed by atoms with Gasteiger partial charge < -0.3 is 30.5 Å². The average Bonchev–Trinajstić information content (AvgIpc) is 2.72. The molecule has 1 aromatic rings. The van der Waals surface area contributed by atoms with E-state index in [1.165, 1.54) is 6.92 Å². The van der Waals surface area contributed by atoms with Crippen LogP contribution in [0.3, 0.4) is 0 Å². The van der Waals surface area contributed by atoms with Crippen LogP contribution in [-0.4, -0.2) is 53.3 Å². The first-order chi connectivity index (χ1) is 15.3. The molecule has 0 radical (unpaired) electrons. The third-order valence-electron chi connectivity index (χ3n) is 4.10. The van der Waals surface area contributed by atoms with Crippen LogP contribution in [0, 0.1) is 0 Å². The van der Waals surface area contributed by atoms with Gasteiger partial charge in [-0.15, -0.1) is 0 Å². The predicted octanol–water partition coefficient (Wildman–Crippen LogP) is 1.53. The first-order valence-corrected chi connectivity index (χ1v) is 10.4. The molecule has 0 unspecified atom stereocenters. The van der Waals surface area contributed by atoms with Crippen molar-refractivity contribution in [3.8, 4) is 0 Å². The number of carbonyl (C=O) groups excluding carboxylic acids is 4. The molecule has 0 saturated heterocycles. The van der Waals surface area contributed by atoms with Gasteiger partial charge in [0.05, 0.1) is 6.61 Å². The number of rotatable bonds is 9. The van der Waals surface area contributed by atoms with Gasteiger partial charge in [-0.25, -0.2) is 9.59 Å². The van der Waals surface area contributed by atoms with E-state index >= 15 is 0 Å². The summed E-state index contributed by atoms with van der Waals surface area (Å²) in [5.41, 5.74) is 0.337. The molecule has 1 rings (SSSR count). The summed E-state index contributed by atoms with van der Waals surface area (Å²) in [6.07, 6.45) is -0.783. The number of nitrogens with one attached hydrogen (secondary N) is 3. The van der Waals surface area contributed by atoms with Gasteiger partial charge in [-0.2, -0.15) is 0 Å². The number of alkyl carbamates (subject to hydrolysis) is 1. The summed E-state index contributed by atoms with van der Waals surface area (Å²) >= 11 is 0. The number of aliphatic hydroxyl groups excluding tert-OH is 1. The second-order valence-electron chi connectivity index (χ2n) is 8.53. The number of esters is 1. The molecule has 182 valence electrons. The summed E-state index contributed by atoms with van der Waals surface area (Å²) in [6.45, 7) is 8.94. The van der Waals surface area contributed by atoms with E-state index in [1.54, 1.807) is 58.9 Å². The maximum Gasteiger partial charge on any atom is 0.408 e. The molecular weight excluding hydrogens is 430 g/mol. The van der Waals surface area contributed by atoms with Gasteiger partial charge in [0, 0.05) is 0 Å². The Labute approximate surface area is 193 Å². The normalized spacial score (nSPS) is 12.6. The van der Waals surface area contributed by atoms with E-state index in [4.69, 9.17) is 9.47 Å². The molecule has 0 aliphatic rings. The molecule has 33 heavy (non-hydrogen) atoms. The quantitative estimate of drug-likeness (QED) is 0.321. The van der Waals surface area contributed by atoms with Gasteiger partial charge in [0.15, 0.2) is 6.04 Å². The van der Waals surface area contributed by atoms with Gasteiger partial charge in [-0.1, -0.05) is 30.3 Å². The number of carbonyl (C=O) groups is 4. The number of hydrogen-bond donors (Lipinski definition) is 4. The third-order valence-corrected chi connectivity index (χ3v) is 4.10. The standard InChI is InChI=1S/C23H33N3O7/c1-14(2)18(26-19(28)15(3)24-22(31)33-23(4,5)6)20(29)25-17(12-27)21(30)32-13-16-10-8-7-9-11-16/h7-11,15,17,27H,12-13H2,1-6H3,(H,24,31)(H,25,29)(H,26,28)/t15-,17-/m0/s1. The van der Waals surface area contributed by atoms with Crippen molar-refractivity contribution >= 4 is 23.9 Å². The van der Waals surface area contributed by atoms with Crippen molar-refractivity contribution in [1.82, 2.24) is 16.0 Å². The van der Waals surface area contributed by atoms with Crippen LogP contribution in [0.25, 0.3) is 0 Å². The molecule has 10 heteroatoms. The maximum absolute atomic E-state index is 12.7. The second kappa shape index (κ2) is 12.6. The maximum atomic E-state index is 12.7. The summed E-state index contributed by atoms with van der Waals surface area (Å²) in [4.78, 5) is 49.3. The van der Waals surface area contributed by atoms with Gasteiger partial charge >= 0.3 is 12.1 Å². The number of benzene rings is 1. The lowest BCUT2D eigenvalue weighted by Gasteiger charge is -2.22. The largest absolute Gasteiger partial charge is 0.459 e. The Hall–Kier alpha value is -3.40. The van der Waals surface area contributed by atoms with E-state index in [9.17, 15) is 24.3 Å². The van der Waals surface area contributed by atoms with Crippen LogP contribution >= 0.6 is 0 Å². The summed E-state index contributed by atoms with van der Waals surface area (Å²) in [7, 11) is 0. The fraction of sp³-hybridized carbons (Fsp3) is 0.478. The lowest BCUT2D eigenvalue weighted by atomic mass is 10.2. The lowest BCUT2D eigenvalue weighted by Crippen LogP contribution is -2.50. The van der Waals surface area contributed by atoms with Crippen molar-refractivity contribution in [1.29, 1.82) is 0 Å². The molecule has 0 heterocycles. The van der Waals surface area contributed by atoms with Crippen molar-refractivity contribution in [3.63, 3.8) is 0 Å². The van der Waals surface area contributed by atoms with E-state index in [2.05, 4.69) is 16.0 Å². The summed E-state index contributed by atoms with van der Waals surface area (Å²) in [5.74, 6) is -2.28. The minimum atomic E-state index is -1.33. The van der Waals surface area contributed by atoms with Gasteiger partial charge in [-0.3, -0.25) is 9.59 Å². The average molecular weight is 464 g/mol. The topological polar surface area (TPSA) is 143 Å². The van der Waals surface area contributed by atoms with Crippen LogP contribution in [0.1, 0.15) is 47.1 Å². The van der Waals surface area contributed by atoms with Gasteiger partial charge in [0.2, 0.25) is 5.91 Å². The highest BCUT2D eigenvalue weighted by molar-refractivity contribution is 6.01. The Morgan fingerprint density at radius 2 is 1.64 bits per heavy atom. The Morgan fingerprint density at radius 3 is 2.15 bits per heavy atom. The highest BCUT2D eigenvalue weighted by Gasteiger charge is 2.27. The highest BCUT2D eigenvalue weighted by atomic mass is 16.6. The molecule has 10 nitrogen and oxygen atoms in total. The molecule has 2 atom stereocenters. The monoisotopic (exact) mass is 463 g/mol. The van der Waals surface area contributed by atoms with Crippen LogP contribution in [-0.2, 0) is 30.5 Å². The summed E-state index contributed by atoms with van der Waals surface area (Å²) in [6, 6.07) is 6.60. The molecule has 0 aromatic heterocycles. The molecule has 0 spiro atoms. The number of amides is 3. The van der Waals surface area contributed by atoms with Crippen molar-refractivity contribution in [2.75, 3.05) is 6.61 Å². The van der Waals surface area contributed by atoms with Crippen molar-refractivity contribution < 1.29 is 33.8 Å². The van der Waals surface area contributed by atoms with E-state index in [1.807, 2.05) is 6.07 Å². The molecule has 1 aromatic carbocycles. The van der Waals surface area contributed by atoms with E-state index in [-0.39, 0.29) is 12.3 Å². The zero-order valence-electron chi connectivity index (χ0n) is 19.9. The lowest BCUT2D eigenvalue weighted by molar-refractivity contribution is -0.150. The minimum absolute atomic E-state index is 0.0217. The molecule has 0 bridgehead atoms. The Kier molecular flexibility index (Phi) is 10.5. The molecule has 0 fully saturated rings. The highest BCUT2D eigenvalue weighted by Crippen LogP contribution is 2.08. The smallest absolute Gasteiger partial charge is 0.408 e. The fourth-order valence-electron chi connectivity index (χ4n) is 2.43. The number of aliphatic hydroxyl groups is 1. The van der Waals surface area contributed by atoms with Gasteiger partial charge in [0.25, 0.3) is 5.91 Å². The molecule has 3 amide bonds. The zero-order chi connectivity index (χ0) is 25.2. The first-order valence-electron chi connectivity index (χ1n) is 10.4. The number of hydrogen-bond acceptors (Lipinski definition) is 7. The van der Waals surface area contributed by atoms with Crippen LogP contribution in [0.2, 0.25) is 0 Å². The molecule has 0 saturated carbocycles. The predicted molar refractivity (Wildman–Crippen MR) is 121 cm³/mol. The Bertz CT molecular complexity index is 872. The Morgan fingerprint density at radius 1 is 1.03 bits per heavy atom. The first kappa shape index (κ1) is 27.6. The van der Waals surface area contributed by atoms with Crippen LogP contribution in [0.15, 0.2) is 41.6 Å². The SMILES string of the molecule is CC(C)=C(NC(=O)[C@H](C)NC(=O)OC(C)(C)C)C(=O)N[C@@H](CO)C(=O)OCc1ccccc1. The van der Waals surface area contributed by atoms with Crippen LogP contribution in [0.5, 0.6) is 0 Å². The number of allylic oxidation sites excluding steroid dienone is 1. The van der Waals surface area contributed by atoms with Crippen molar-refractivity contribution in [2.45, 2.75) is 65.8 Å². The van der Waals surface area contributed by atoms with Gasteiger partial charge in [-0.05, 0) is 52.7 Å². The van der Waals surface area contributed by atoms with Crippen molar-refractivity contribution in [2.24, 2.45) is 0 Å². The molecule has 0 aliphatic heterocycles. The second-order valence-corrected chi connectivity index (χ2v) is 8.53. The van der Waals surface area contributed by atoms with Gasteiger partial charge in [0.1, 0.15) is 23.9 Å². The van der Waals surface area contributed by atoms with E-state index in [0.717, 1.165) is 5.56 Å². The van der Waals surface area contributed by atoms with Crippen molar-refractivity contribution in [3.05, 3.63) is 47.2 Å². The fourth-order valence-corrected chi connectivity index (χ4v) is 2.43. The van der Waals surface area contributed by atoms with Crippen LogP contribution in [0.4, 0.5) is 4.79 Å². The van der Waals surface area contributed by atoms with E-state index < -0.39 is 48.2 Å². The molecule has 0 aliphatic carbocycles. The third kappa shape index (κ3) is 10.2. The minimum Gasteiger partial charge on any atom is -0.459 e. The summed E-state index contributed by atoms with van der Waals surface area (Å²) < 4.78 is 10.3. The number of ether oxygens (including phenoxy) is 2. The summed E-state index contributed by atoms with van der Waals surface area (Å²) in [5, 5.41) is 16.7.